The Morgan fingerprint density at radius 3 is 1.93 bits per heavy atom. The molecule has 0 bridgehead atoms. The first-order valence-corrected chi connectivity index (χ1v) is 4.75. The summed E-state index contributed by atoms with van der Waals surface area (Å²) >= 11 is 0. The van der Waals surface area contributed by atoms with Crippen LogP contribution in [0, 0.1) is 5.41 Å². The molecule has 0 radical (unpaired) electrons. The third-order valence-corrected chi connectivity index (χ3v) is 2.36. The summed E-state index contributed by atoms with van der Waals surface area (Å²) in [6.07, 6.45) is 0.814. The molecular weight excluding hydrogens is 184 g/mol. The molecule has 1 unspecified atom stereocenters. The number of aliphatic hydroxyl groups is 1. The van der Waals surface area contributed by atoms with Gasteiger partial charge in [-0.2, -0.15) is 0 Å². The van der Waals surface area contributed by atoms with E-state index < -0.39 is 0 Å². The van der Waals surface area contributed by atoms with Crippen molar-refractivity contribution in [3.63, 3.8) is 0 Å². The molecule has 14 heavy (non-hydrogen) atoms. The molecule has 0 aliphatic heterocycles. The molecule has 86 valence electrons. The predicted molar refractivity (Wildman–Crippen MR) is 54.4 cm³/mol. The smallest absolute Gasteiger partial charge is 0.0563 e. The van der Waals surface area contributed by atoms with Crippen LogP contribution in [0.3, 0.4) is 0 Å². The molecule has 0 rings (SSSR count). The van der Waals surface area contributed by atoms with Crippen molar-refractivity contribution in [2.45, 2.75) is 19.4 Å². The van der Waals surface area contributed by atoms with Crippen LogP contribution in [0.15, 0.2) is 0 Å². The highest BCUT2D eigenvalue weighted by Crippen LogP contribution is 2.25. The van der Waals surface area contributed by atoms with Gasteiger partial charge in [-0.3, -0.25) is 0 Å². The third kappa shape index (κ3) is 4.37. The normalized spacial score (nSPS) is 14.4. The van der Waals surface area contributed by atoms with E-state index in [9.17, 15) is 5.11 Å². The van der Waals surface area contributed by atoms with E-state index in [0.29, 0.717) is 13.2 Å². The first-order chi connectivity index (χ1) is 6.64. The first-order valence-electron chi connectivity index (χ1n) is 4.75. The molecule has 1 atom stereocenters. The van der Waals surface area contributed by atoms with Gasteiger partial charge in [-0.05, 0) is 13.3 Å². The summed E-state index contributed by atoms with van der Waals surface area (Å²) in [5, 5.41) is 9.37. The topological polar surface area (TPSA) is 47.9 Å². The van der Waals surface area contributed by atoms with Crippen LogP contribution in [0.4, 0.5) is 0 Å². The Hall–Kier alpha value is -0.160. The van der Waals surface area contributed by atoms with E-state index in [2.05, 4.69) is 0 Å². The summed E-state index contributed by atoms with van der Waals surface area (Å²) in [7, 11) is 4.90. The molecule has 0 heterocycles. The van der Waals surface area contributed by atoms with Crippen LogP contribution in [-0.4, -0.2) is 52.4 Å². The van der Waals surface area contributed by atoms with Crippen molar-refractivity contribution in [3.05, 3.63) is 0 Å². The molecule has 0 amide bonds. The van der Waals surface area contributed by atoms with Crippen LogP contribution in [-0.2, 0) is 14.2 Å². The minimum absolute atomic E-state index is 0.0440. The minimum Gasteiger partial charge on any atom is -0.396 e. The monoisotopic (exact) mass is 206 g/mol. The van der Waals surface area contributed by atoms with Crippen molar-refractivity contribution in [3.8, 4) is 0 Å². The number of hydrogen-bond acceptors (Lipinski definition) is 4. The summed E-state index contributed by atoms with van der Waals surface area (Å²) in [6.45, 7) is 2.97. The zero-order chi connectivity index (χ0) is 11.0. The Labute approximate surface area is 86.2 Å². The van der Waals surface area contributed by atoms with Gasteiger partial charge in [0.2, 0.25) is 0 Å². The standard InChI is InChI=1S/C10H22O4/c1-9(14-4)5-10(6-11,7-12-2)8-13-3/h9,11H,5-8H2,1-4H3. The predicted octanol–water partition coefficient (Wildman–Crippen LogP) is 0.683. The Morgan fingerprint density at radius 1 is 1.14 bits per heavy atom. The maximum atomic E-state index is 9.37. The number of hydrogen-bond donors (Lipinski definition) is 1. The van der Waals surface area contributed by atoms with Crippen molar-refractivity contribution in [1.82, 2.24) is 0 Å². The fourth-order valence-corrected chi connectivity index (χ4v) is 1.62. The molecule has 0 aromatic rings. The fourth-order valence-electron chi connectivity index (χ4n) is 1.62. The molecule has 0 aromatic heterocycles. The average Bonchev–Trinajstić information content (AvgIpc) is 2.18. The summed E-state index contributed by atoms with van der Waals surface area (Å²) < 4.78 is 15.4. The van der Waals surface area contributed by atoms with Gasteiger partial charge < -0.3 is 19.3 Å². The third-order valence-electron chi connectivity index (χ3n) is 2.36. The second kappa shape index (κ2) is 7.17. The van der Waals surface area contributed by atoms with Crippen LogP contribution in [0.25, 0.3) is 0 Å². The van der Waals surface area contributed by atoms with Gasteiger partial charge in [-0.25, -0.2) is 0 Å². The highest BCUT2D eigenvalue weighted by Gasteiger charge is 2.31. The van der Waals surface area contributed by atoms with Gasteiger partial charge in [0.25, 0.3) is 0 Å². The largest absolute Gasteiger partial charge is 0.396 e. The zero-order valence-electron chi connectivity index (χ0n) is 9.58. The van der Waals surface area contributed by atoms with Crippen molar-refractivity contribution >= 4 is 0 Å². The molecule has 0 aliphatic carbocycles. The maximum Gasteiger partial charge on any atom is 0.0563 e. The Balaban J connectivity index is 4.31. The molecule has 4 heteroatoms. The van der Waals surface area contributed by atoms with Gasteiger partial charge in [0.1, 0.15) is 0 Å². The lowest BCUT2D eigenvalue weighted by molar-refractivity contribution is -0.0571. The molecular formula is C10H22O4. The number of methoxy groups -OCH3 is 3. The van der Waals surface area contributed by atoms with E-state index >= 15 is 0 Å². The second-order valence-electron chi connectivity index (χ2n) is 3.77. The number of ether oxygens (including phenoxy) is 3. The highest BCUT2D eigenvalue weighted by molar-refractivity contribution is 4.80. The molecule has 0 saturated heterocycles. The van der Waals surface area contributed by atoms with Crippen molar-refractivity contribution in [2.75, 3.05) is 41.2 Å². The van der Waals surface area contributed by atoms with Gasteiger partial charge >= 0.3 is 0 Å². The van der Waals surface area contributed by atoms with Crippen LogP contribution >= 0.6 is 0 Å². The van der Waals surface area contributed by atoms with Gasteiger partial charge in [-0.15, -0.1) is 0 Å². The molecule has 1 N–H and O–H groups in total. The summed E-state index contributed by atoms with van der Waals surface area (Å²) in [5.74, 6) is 0. The van der Waals surface area contributed by atoms with Gasteiger partial charge in [0, 0.05) is 26.7 Å². The van der Waals surface area contributed by atoms with Gasteiger partial charge in [0.05, 0.1) is 25.9 Å². The van der Waals surface area contributed by atoms with Crippen LogP contribution in [0.1, 0.15) is 13.3 Å². The number of rotatable bonds is 8. The molecule has 0 spiro atoms. The first kappa shape index (κ1) is 13.8. The second-order valence-corrected chi connectivity index (χ2v) is 3.77. The fraction of sp³-hybridized carbons (Fsp3) is 1.00. The Morgan fingerprint density at radius 2 is 1.64 bits per heavy atom. The number of aliphatic hydroxyl groups excluding tert-OH is 1. The molecule has 0 aromatic carbocycles. The van der Waals surface area contributed by atoms with Crippen molar-refractivity contribution in [2.24, 2.45) is 5.41 Å². The van der Waals surface area contributed by atoms with E-state index in [0.717, 1.165) is 6.42 Å². The summed E-state index contributed by atoms with van der Waals surface area (Å²) in [4.78, 5) is 0. The molecule has 0 aliphatic rings. The SMILES string of the molecule is COCC(CO)(COC)CC(C)OC. The van der Waals surface area contributed by atoms with Gasteiger partial charge in [-0.1, -0.05) is 0 Å². The van der Waals surface area contributed by atoms with Crippen LogP contribution in [0.5, 0.6) is 0 Å². The molecule has 4 nitrogen and oxygen atoms in total. The van der Waals surface area contributed by atoms with Gasteiger partial charge in [0.15, 0.2) is 0 Å². The highest BCUT2D eigenvalue weighted by atomic mass is 16.5. The van der Waals surface area contributed by atoms with E-state index in [1.54, 1.807) is 21.3 Å². The van der Waals surface area contributed by atoms with Crippen LogP contribution < -0.4 is 0 Å². The van der Waals surface area contributed by atoms with E-state index in [-0.39, 0.29) is 18.1 Å². The van der Waals surface area contributed by atoms with E-state index in [1.165, 1.54) is 0 Å². The summed E-state index contributed by atoms with van der Waals surface area (Å²) in [5.41, 5.74) is -0.348. The minimum atomic E-state index is -0.348. The van der Waals surface area contributed by atoms with Crippen molar-refractivity contribution < 1.29 is 19.3 Å². The van der Waals surface area contributed by atoms with Crippen LogP contribution in [0.2, 0.25) is 0 Å². The lowest BCUT2D eigenvalue weighted by atomic mass is 9.85. The zero-order valence-corrected chi connectivity index (χ0v) is 9.58. The lowest BCUT2D eigenvalue weighted by Gasteiger charge is -2.32. The average molecular weight is 206 g/mol. The molecule has 0 fully saturated rings. The van der Waals surface area contributed by atoms with Crippen molar-refractivity contribution in [1.29, 1.82) is 0 Å². The quantitative estimate of drug-likeness (QED) is 0.634. The maximum absolute atomic E-state index is 9.37. The van der Waals surface area contributed by atoms with E-state index in [4.69, 9.17) is 14.2 Å². The molecule has 0 saturated carbocycles. The lowest BCUT2D eigenvalue weighted by Crippen LogP contribution is -2.38. The Bertz CT molecular complexity index is 132. The Kier molecular flexibility index (Phi) is 7.09. The van der Waals surface area contributed by atoms with E-state index in [1.807, 2.05) is 6.92 Å². The summed E-state index contributed by atoms with van der Waals surface area (Å²) in [6, 6.07) is 0.